The van der Waals surface area contributed by atoms with Gasteiger partial charge in [0.05, 0.1) is 13.2 Å². The van der Waals surface area contributed by atoms with Crippen LogP contribution in [-0.2, 0) is 9.53 Å². The monoisotopic (exact) mass is 170 g/mol. The fraction of sp³-hybridized carbons (Fsp3) is 0.667. The highest BCUT2D eigenvalue weighted by Gasteiger charge is 2.14. The van der Waals surface area contributed by atoms with Crippen molar-refractivity contribution in [2.45, 2.75) is 31.8 Å². The lowest BCUT2D eigenvalue weighted by Crippen LogP contribution is -2.02. The largest absolute Gasteiger partial charge is 0.469 e. The Morgan fingerprint density at radius 2 is 2.58 bits per heavy atom. The summed E-state index contributed by atoms with van der Waals surface area (Å²) in [5.41, 5.74) is 1.17. The first-order chi connectivity index (χ1) is 5.72. The summed E-state index contributed by atoms with van der Waals surface area (Å²) in [6, 6.07) is 0. The van der Waals surface area contributed by atoms with Crippen molar-refractivity contribution in [1.29, 1.82) is 0 Å². The van der Waals surface area contributed by atoms with Gasteiger partial charge in [-0.05, 0) is 19.3 Å². The summed E-state index contributed by atoms with van der Waals surface area (Å²) in [7, 11) is 1.39. The van der Waals surface area contributed by atoms with E-state index in [1.165, 1.54) is 12.7 Å². The lowest BCUT2D eigenvalue weighted by Gasteiger charge is -2.02. The Balaban J connectivity index is 2.20. The van der Waals surface area contributed by atoms with Crippen molar-refractivity contribution >= 4 is 5.97 Å². The molecule has 0 saturated heterocycles. The first kappa shape index (κ1) is 9.26. The zero-order valence-electron chi connectivity index (χ0n) is 7.25. The lowest BCUT2D eigenvalue weighted by atomic mass is 10.1. The lowest BCUT2D eigenvalue weighted by molar-refractivity contribution is -0.140. The van der Waals surface area contributed by atoms with E-state index in [0.29, 0.717) is 6.42 Å². The van der Waals surface area contributed by atoms with Crippen LogP contribution in [0.4, 0.5) is 0 Å². The van der Waals surface area contributed by atoms with Gasteiger partial charge in [0.25, 0.3) is 0 Å². The second-order valence-electron chi connectivity index (χ2n) is 3.03. The van der Waals surface area contributed by atoms with Crippen LogP contribution in [0.2, 0.25) is 0 Å². The number of aliphatic hydroxyl groups is 1. The average Bonchev–Trinajstić information content (AvgIpc) is 2.47. The number of rotatable bonds is 3. The summed E-state index contributed by atoms with van der Waals surface area (Å²) in [5, 5.41) is 9.15. The molecule has 1 rings (SSSR count). The van der Waals surface area contributed by atoms with Crippen LogP contribution in [0.3, 0.4) is 0 Å². The van der Waals surface area contributed by atoms with Gasteiger partial charge >= 0.3 is 5.97 Å². The second-order valence-corrected chi connectivity index (χ2v) is 3.03. The third-order valence-electron chi connectivity index (χ3n) is 2.05. The number of carbonyl (C=O) groups excluding carboxylic acids is 1. The molecule has 0 spiro atoms. The Morgan fingerprint density at radius 3 is 3.08 bits per heavy atom. The highest BCUT2D eigenvalue weighted by atomic mass is 16.5. The zero-order valence-corrected chi connectivity index (χ0v) is 7.25. The minimum absolute atomic E-state index is 0.183. The van der Waals surface area contributed by atoms with Crippen molar-refractivity contribution < 1.29 is 14.6 Å². The predicted octanol–water partition coefficient (Wildman–Crippen LogP) is 1.02. The molecule has 12 heavy (non-hydrogen) atoms. The first-order valence-corrected chi connectivity index (χ1v) is 4.15. The molecule has 1 aliphatic rings. The molecule has 1 N–H and O–H groups in total. The van der Waals surface area contributed by atoms with Crippen molar-refractivity contribution in [3.63, 3.8) is 0 Å². The van der Waals surface area contributed by atoms with Gasteiger partial charge in [-0.3, -0.25) is 4.79 Å². The van der Waals surface area contributed by atoms with Crippen LogP contribution >= 0.6 is 0 Å². The maximum Gasteiger partial charge on any atom is 0.305 e. The summed E-state index contributed by atoms with van der Waals surface area (Å²) < 4.78 is 4.51. The SMILES string of the molecule is COC(=O)CCC1=CCC(O)C1. The number of hydrogen-bond acceptors (Lipinski definition) is 3. The molecule has 0 amide bonds. The van der Waals surface area contributed by atoms with Crippen LogP contribution in [0.5, 0.6) is 0 Å². The normalized spacial score (nSPS) is 22.2. The standard InChI is InChI=1S/C9H14O3/c1-12-9(11)5-3-7-2-4-8(10)6-7/h2,8,10H,3-6H2,1H3. The number of methoxy groups -OCH3 is 1. The summed E-state index contributed by atoms with van der Waals surface area (Å²) in [5.74, 6) is -0.183. The zero-order chi connectivity index (χ0) is 8.97. The average molecular weight is 170 g/mol. The van der Waals surface area contributed by atoms with Gasteiger partial charge < -0.3 is 9.84 Å². The molecule has 1 atom stereocenters. The van der Waals surface area contributed by atoms with E-state index < -0.39 is 0 Å². The Kier molecular flexibility index (Phi) is 3.29. The van der Waals surface area contributed by atoms with E-state index in [1.807, 2.05) is 6.08 Å². The van der Waals surface area contributed by atoms with Crippen LogP contribution in [0.15, 0.2) is 11.6 Å². The summed E-state index contributed by atoms with van der Waals surface area (Å²) in [6.07, 6.45) is 4.39. The molecule has 0 saturated carbocycles. The molecule has 3 nitrogen and oxygen atoms in total. The van der Waals surface area contributed by atoms with E-state index in [-0.39, 0.29) is 12.1 Å². The minimum atomic E-state index is -0.224. The van der Waals surface area contributed by atoms with Gasteiger partial charge in [-0.25, -0.2) is 0 Å². The topological polar surface area (TPSA) is 46.5 Å². The van der Waals surface area contributed by atoms with Gasteiger partial charge in [-0.15, -0.1) is 0 Å². The molecule has 1 aliphatic carbocycles. The second kappa shape index (κ2) is 4.26. The van der Waals surface area contributed by atoms with E-state index >= 15 is 0 Å². The highest BCUT2D eigenvalue weighted by Crippen LogP contribution is 2.22. The molecule has 0 bridgehead atoms. The van der Waals surface area contributed by atoms with Crippen molar-refractivity contribution in [1.82, 2.24) is 0 Å². The molecule has 0 heterocycles. The summed E-state index contributed by atoms with van der Waals surface area (Å²) >= 11 is 0. The molecule has 0 aromatic rings. The Bertz CT molecular complexity index is 196. The number of carbonyl (C=O) groups is 1. The first-order valence-electron chi connectivity index (χ1n) is 4.15. The van der Waals surface area contributed by atoms with Gasteiger partial charge in [-0.1, -0.05) is 11.6 Å². The maximum atomic E-state index is 10.7. The summed E-state index contributed by atoms with van der Waals surface area (Å²) in [6.45, 7) is 0. The molecule has 3 heteroatoms. The number of ether oxygens (including phenoxy) is 1. The molecule has 0 aliphatic heterocycles. The van der Waals surface area contributed by atoms with Crippen LogP contribution in [0.25, 0.3) is 0 Å². The third kappa shape index (κ3) is 2.66. The van der Waals surface area contributed by atoms with Crippen LogP contribution < -0.4 is 0 Å². The Morgan fingerprint density at radius 1 is 1.83 bits per heavy atom. The van der Waals surface area contributed by atoms with E-state index in [2.05, 4.69) is 4.74 Å². The van der Waals surface area contributed by atoms with Crippen LogP contribution in [0.1, 0.15) is 25.7 Å². The summed E-state index contributed by atoms with van der Waals surface area (Å²) in [4.78, 5) is 10.7. The smallest absolute Gasteiger partial charge is 0.305 e. The highest BCUT2D eigenvalue weighted by molar-refractivity contribution is 5.69. The predicted molar refractivity (Wildman–Crippen MR) is 44.6 cm³/mol. The van der Waals surface area contributed by atoms with Crippen LogP contribution in [0, 0.1) is 0 Å². The molecule has 68 valence electrons. The van der Waals surface area contributed by atoms with Crippen molar-refractivity contribution in [3.8, 4) is 0 Å². The molecule has 1 unspecified atom stereocenters. The van der Waals surface area contributed by atoms with Crippen molar-refractivity contribution in [3.05, 3.63) is 11.6 Å². The van der Waals surface area contributed by atoms with E-state index in [4.69, 9.17) is 5.11 Å². The quantitative estimate of drug-likeness (QED) is 0.508. The molecule has 0 aromatic heterocycles. The molecular weight excluding hydrogens is 156 g/mol. The Labute approximate surface area is 72.0 Å². The fourth-order valence-corrected chi connectivity index (χ4v) is 1.34. The van der Waals surface area contributed by atoms with Gasteiger partial charge in [0.2, 0.25) is 0 Å². The van der Waals surface area contributed by atoms with Gasteiger partial charge in [0.1, 0.15) is 0 Å². The van der Waals surface area contributed by atoms with Gasteiger partial charge in [0.15, 0.2) is 0 Å². The molecular formula is C9H14O3. The number of hydrogen-bond donors (Lipinski definition) is 1. The van der Waals surface area contributed by atoms with E-state index in [9.17, 15) is 4.79 Å². The molecule has 0 radical (unpaired) electrons. The van der Waals surface area contributed by atoms with Gasteiger partial charge in [-0.2, -0.15) is 0 Å². The number of aliphatic hydroxyl groups excluding tert-OH is 1. The minimum Gasteiger partial charge on any atom is -0.469 e. The molecule has 0 aromatic carbocycles. The molecule has 0 fully saturated rings. The Hall–Kier alpha value is -0.830. The fourth-order valence-electron chi connectivity index (χ4n) is 1.34. The van der Waals surface area contributed by atoms with E-state index in [0.717, 1.165) is 19.3 Å². The van der Waals surface area contributed by atoms with Crippen molar-refractivity contribution in [2.75, 3.05) is 7.11 Å². The van der Waals surface area contributed by atoms with Crippen LogP contribution in [-0.4, -0.2) is 24.3 Å². The van der Waals surface area contributed by atoms with E-state index in [1.54, 1.807) is 0 Å². The maximum absolute atomic E-state index is 10.7. The third-order valence-corrected chi connectivity index (χ3v) is 2.05. The van der Waals surface area contributed by atoms with Gasteiger partial charge in [0, 0.05) is 6.42 Å². The van der Waals surface area contributed by atoms with Crippen molar-refractivity contribution in [2.24, 2.45) is 0 Å². The number of esters is 1.